The van der Waals surface area contributed by atoms with E-state index in [0.717, 1.165) is 11.3 Å². The fraction of sp³-hybridized carbons (Fsp3) is 0.562. The summed E-state index contributed by atoms with van der Waals surface area (Å²) in [4.78, 5) is 5.35. The Balaban J connectivity index is 2.28. The van der Waals surface area contributed by atoms with Crippen molar-refractivity contribution in [1.82, 2.24) is 15.5 Å². The van der Waals surface area contributed by atoms with E-state index in [1.54, 1.807) is 14.2 Å². The monoisotopic (exact) mass is 346 g/mol. The highest BCUT2D eigenvalue weighted by molar-refractivity contribution is 5.79. The van der Waals surface area contributed by atoms with Gasteiger partial charge in [0.15, 0.2) is 5.96 Å². The minimum atomic E-state index is -4.16. The van der Waals surface area contributed by atoms with Crippen molar-refractivity contribution in [2.45, 2.75) is 19.1 Å². The number of ether oxygens (including phenoxy) is 1. The van der Waals surface area contributed by atoms with Crippen LogP contribution in [0.4, 0.5) is 13.2 Å². The van der Waals surface area contributed by atoms with E-state index in [9.17, 15) is 13.2 Å². The van der Waals surface area contributed by atoms with Crippen LogP contribution in [0, 0.1) is 0 Å². The molecule has 0 amide bonds. The molecule has 0 saturated carbocycles. The summed E-state index contributed by atoms with van der Waals surface area (Å²) in [7, 11) is 4.73. The number of hydrogen-bond acceptors (Lipinski definition) is 3. The third kappa shape index (κ3) is 8.61. The Kier molecular flexibility index (Phi) is 8.39. The number of nitrogens with zero attached hydrogens (tertiary/aromatic N) is 2. The van der Waals surface area contributed by atoms with Crippen LogP contribution in [0.25, 0.3) is 0 Å². The fourth-order valence-electron chi connectivity index (χ4n) is 2.13. The molecule has 1 aromatic carbocycles. The lowest BCUT2D eigenvalue weighted by Gasteiger charge is -2.19. The van der Waals surface area contributed by atoms with Crippen molar-refractivity contribution in [3.63, 3.8) is 0 Å². The number of hydrogen-bond donors (Lipinski definition) is 2. The molecule has 136 valence electrons. The topological polar surface area (TPSA) is 48.9 Å². The van der Waals surface area contributed by atoms with Gasteiger partial charge in [0, 0.05) is 20.1 Å². The molecule has 0 aliphatic heterocycles. The maximum atomic E-state index is 12.2. The molecule has 0 heterocycles. The second kappa shape index (κ2) is 10.0. The number of nitrogens with one attached hydrogen (secondary N) is 2. The predicted octanol–water partition coefficient (Wildman–Crippen LogP) is 2.24. The van der Waals surface area contributed by atoms with Crippen LogP contribution in [0.2, 0.25) is 0 Å². The first-order chi connectivity index (χ1) is 11.3. The molecule has 0 saturated heterocycles. The molecule has 0 bridgehead atoms. The predicted molar refractivity (Wildman–Crippen MR) is 89.4 cm³/mol. The van der Waals surface area contributed by atoms with E-state index in [1.807, 2.05) is 24.3 Å². The Hall–Kier alpha value is -1.96. The van der Waals surface area contributed by atoms with Gasteiger partial charge in [-0.25, -0.2) is 0 Å². The van der Waals surface area contributed by atoms with E-state index in [0.29, 0.717) is 32.0 Å². The summed E-state index contributed by atoms with van der Waals surface area (Å²) in [6.45, 7) is 0.583. The van der Waals surface area contributed by atoms with Gasteiger partial charge in [0.05, 0.1) is 13.7 Å². The molecule has 2 N–H and O–H groups in total. The van der Waals surface area contributed by atoms with Crippen LogP contribution in [0.1, 0.15) is 12.0 Å². The largest absolute Gasteiger partial charge is 0.497 e. The SMILES string of the molecule is CN=C(NCCCN(C)CC(F)(F)F)NCc1cccc(OC)c1. The van der Waals surface area contributed by atoms with Gasteiger partial charge >= 0.3 is 6.18 Å². The number of aliphatic imine (C=N–C) groups is 1. The first-order valence-corrected chi connectivity index (χ1v) is 7.67. The van der Waals surface area contributed by atoms with Crippen LogP contribution in [0.15, 0.2) is 29.3 Å². The van der Waals surface area contributed by atoms with Gasteiger partial charge in [0.2, 0.25) is 0 Å². The summed E-state index contributed by atoms with van der Waals surface area (Å²) >= 11 is 0. The maximum absolute atomic E-state index is 12.2. The molecule has 1 aromatic rings. The summed E-state index contributed by atoms with van der Waals surface area (Å²) in [5.41, 5.74) is 1.04. The minimum absolute atomic E-state index is 0.361. The summed E-state index contributed by atoms with van der Waals surface area (Å²) in [6, 6.07) is 7.66. The standard InChI is InChI=1S/C16H25F3N4O/c1-20-15(21-8-5-9-23(2)12-16(17,18)19)22-11-13-6-4-7-14(10-13)24-3/h4,6-7,10H,5,8-9,11-12H2,1-3H3,(H2,20,21,22). The lowest BCUT2D eigenvalue weighted by molar-refractivity contribution is -0.143. The molecule has 8 heteroatoms. The zero-order valence-corrected chi connectivity index (χ0v) is 14.3. The van der Waals surface area contributed by atoms with Crippen molar-refractivity contribution < 1.29 is 17.9 Å². The molecular formula is C16H25F3N4O. The number of benzene rings is 1. The average molecular weight is 346 g/mol. The Morgan fingerprint density at radius 3 is 2.67 bits per heavy atom. The molecule has 0 aliphatic carbocycles. The van der Waals surface area contributed by atoms with Crippen molar-refractivity contribution in [3.05, 3.63) is 29.8 Å². The molecule has 1 rings (SSSR count). The smallest absolute Gasteiger partial charge is 0.401 e. The Bertz CT molecular complexity index is 520. The number of methoxy groups -OCH3 is 1. The molecule has 0 aromatic heterocycles. The highest BCUT2D eigenvalue weighted by Crippen LogP contribution is 2.15. The highest BCUT2D eigenvalue weighted by Gasteiger charge is 2.28. The van der Waals surface area contributed by atoms with Crippen LogP contribution in [-0.4, -0.2) is 57.9 Å². The lowest BCUT2D eigenvalue weighted by atomic mass is 10.2. The molecule has 0 unspecified atom stereocenters. The van der Waals surface area contributed by atoms with Gasteiger partial charge in [-0.05, 0) is 37.7 Å². The number of guanidine groups is 1. The van der Waals surface area contributed by atoms with Gasteiger partial charge in [0.1, 0.15) is 5.75 Å². The van der Waals surface area contributed by atoms with E-state index >= 15 is 0 Å². The van der Waals surface area contributed by atoms with Crippen molar-refractivity contribution in [2.75, 3.05) is 40.8 Å². The Morgan fingerprint density at radius 1 is 1.29 bits per heavy atom. The van der Waals surface area contributed by atoms with Crippen molar-refractivity contribution >= 4 is 5.96 Å². The van der Waals surface area contributed by atoms with E-state index < -0.39 is 12.7 Å². The molecular weight excluding hydrogens is 321 g/mol. The van der Waals surface area contributed by atoms with Crippen molar-refractivity contribution in [3.8, 4) is 5.75 Å². The van der Waals surface area contributed by atoms with Crippen LogP contribution in [0.3, 0.4) is 0 Å². The van der Waals surface area contributed by atoms with Gasteiger partial charge < -0.3 is 15.4 Å². The van der Waals surface area contributed by atoms with Crippen LogP contribution < -0.4 is 15.4 Å². The molecule has 0 radical (unpaired) electrons. The van der Waals surface area contributed by atoms with Crippen LogP contribution in [0.5, 0.6) is 5.75 Å². The second-order valence-electron chi connectivity index (χ2n) is 5.41. The van der Waals surface area contributed by atoms with E-state index in [-0.39, 0.29) is 0 Å². The van der Waals surface area contributed by atoms with Gasteiger partial charge in [-0.1, -0.05) is 12.1 Å². The summed E-state index contributed by atoms with van der Waals surface area (Å²) in [5.74, 6) is 1.39. The van der Waals surface area contributed by atoms with E-state index in [4.69, 9.17) is 4.74 Å². The summed E-state index contributed by atoms with van der Waals surface area (Å²) < 4.78 is 41.8. The first kappa shape index (κ1) is 20.1. The lowest BCUT2D eigenvalue weighted by Crippen LogP contribution is -2.39. The Labute approximate surface area is 140 Å². The number of rotatable bonds is 8. The molecule has 0 fully saturated rings. The zero-order valence-electron chi connectivity index (χ0n) is 14.3. The first-order valence-electron chi connectivity index (χ1n) is 7.67. The molecule has 24 heavy (non-hydrogen) atoms. The highest BCUT2D eigenvalue weighted by atomic mass is 19.4. The zero-order chi connectivity index (χ0) is 18.0. The maximum Gasteiger partial charge on any atom is 0.401 e. The summed E-state index contributed by atoms with van der Waals surface area (Å²) in [6.07, 6.45) is -3.57. The van der Waals surface area contributed by atoms with E-state index in [2.05, 4.69) is 15.6 Å². The van der Waals surface area contributed by atoms with Crippen LogP contribution in [-0.2, 0) is 6.54 Å². The van der Waals surface area contributed by atoms with E-state index in [1.165, 1.54) is 11.9 Å². The van der Waals surface area contributed by atoms with Crippen molar-refractivity contribution in [1.29, 1.82) is 0 Å². The molecule has 0 atom stereocenters. The fourth-order valence-corrected chi connectivity index (χ4v) is 2.13. The third-order valence-corrected chi connectivity index (χ3v) is 3.28. The number of alkyl halides is 3. The van der Waals surface area contributed by atoms with Gasteiger partial charge in [-0.15, -0.1) is 0 Å². The van der Waals surface area contributed by atoms with Crippen LogP contribution >= 0.6 is 0 Å². The quantitative estimate of drug-likeness (QED) is 0.431. The molecule has 0 spiro atoms. The Morgan fingerprint density at radius 2 is 2.04 bits per heavy atom. The molecule has 5 nitrogen and oxygen atoms in total. The summed E-state index contributed by atoms with van der Waals surface area (Å²) in [5, 5.41) is 6.24. The van der Waals surface area contributed by atoms with Gasteiger partial charge in [-0.2, -0.15) is 13.2 Å². The second-order valence-corrected chi connectivity index (χ2v) is 5.41. The van der Waals surface area contributed by atoms with Crippen molar-refractivity contribution in [2.24, 2.45) is 4.99 Å². The average Bonchev–Trinajstić information content (AvgIpc) is 2.52. The van der Waals surface area contributed by atoms with Gasteiger partial charge in [0.25, 0.3) is 0 Å². The normalized spacial score (nSPS) is 12.4. The minimum Gasteiger partial charge on any atom is -0.497 e. The van der Waals surface area contributed by atoms with Gasteiger partial charge in [-0.3, -0.25) is 9.89 Å². The number of halogens is 3. The molecule has 0 aliphatic rings. The third-order valence-electron chi connectivity index (χ3n) is 3.28.